The number of aryl methyl sites for hydroxylation is 1. The van der Waals surface area contributed by atoms with E-state index in [1.165, 1.54) is 24.3 Å². The van der Waals surface area contributed by atoms with E-state index in [9.17, 15) is 13.6 Å². The number of rotatable bonds is 7. The highest BCUT2D eigenvalue weighted by Crippen LogP contribution is 2.35. The molecule has 0 amide bonds. The molecular formula is C26H20F2N4O3. The SMILES string of the molecule is Cc1c(Oc2ccc(F)c(-c3ncc(Cc4cccc(CC(=O)O)n4)[nH]3)c2)c(F)cc2[nH]ccc12. The Morgan fingerprint density at radius 3 is 2.74 bits per heavy atom. The predicted octanol–water partition coefficient (Wildman–Crippen LogP) is 5.55. The summed E-state index contributed by atoms with van der Waals surface area (Å²) in [6.07, 6.45) is 3.48. The molecule has 3 heterocycles. The largest absolute Gasteiger partial charge is 0.481 e. The van der Waals surface area contributed by atoms with Crippen molar-refractivity contribution in [3.63, 3.8) is 0 Å². The number of H-pyrrole nitrogens is 2. The second kappa shape index (κ2) is 9.02. The molecule has 0 saturated heterocycles. The molecule has 0 atom stereocenters. The molecule has 35 heavy (non-hydrogen) atoms. The number of carboxylic acids is 1. The van der Waals surface area contributed by atoms with Crippen LogP contribution in [0.1, 0.15) is 22.6 Å². The molecule has 0 unspecified atom stereocenters. The van der Waals surface area contributed by atoms with Crippen molar-refractivity contribution in [1.82, 2.24) is 19.9 Å². The number of hydrogen-bond donors (Lipinski definition) is 3. The van der Waals surface area contributed by atoms with Crippen LogP contribution in [0.25, 0.3) is 22.3 Å². The number of pyridine rings is 1. The topological polar surface area (TPSA) is 104 Å². The molecule has 0 aliphatic heterocycles. The zero-order valence-electron chi connectivity index (χ0n) is 18.6. The van der Waals surface area contributed by atoms with E-state index in [0.29, 0.717) is 34.6 Å². The van der Waals surface area contributed by atoms with Crippen molar-refractivity contribution < 1.29 is 23.4 Å². The number of fused-ring (bicyclic) bond motifs is 1. The molecular weight excluding hydrogens is 454 g/mol. The van der Waals surface area contributed by atoms with Gasteiger partial charge in [0.05, 0.1) is 17.7 Å². The standard InChI is InChI=1S/C26H20F2N4O3/c1-14-19-7-8-29-23(19)12-22(28)25(14)35-18-5-6-21(27)20(11-18)26-30-13-17(32-26)9-15-3-2-4-16(31-15)10-24(33)34/h2-8,11-13,29H,9-10H2,1H3,(H,30,32)(H,33,34). The summed E-state index contributed by atoms with van der Waals surface area (Å²) in [5.41, 5.74) is 3.24. The third-order valence-corrected chi connectivity index (χ3v) is 5.62. The smallest absolute Gasteiger partial charge is 0.309 e. The van der Waals surface area contributed by atoms with Gasteiger partial charge in [-0.2, -0.15) is 0 Å². The number of aromatic amines is 2. The summed E-state index contributed by atoms with van der Waals surface area (Å²) in [7, 11) is 0. The van der Waals surface area contributed by atoms with Crippen LogP contribution in [0.15, 0.2) is 60.9 Å². The molecule has 3 aromatic heterocycles. The Morgan fingerprint density at radius 1 is 1.09 bits per heavy atom. The first-order valence-electron chi connectivity index (χ1n) is 10.8. The number of benzene rings is 2. The normalized spacial score (nSPS) is 11.2. The van der Waals surface area contributed by atoms with Gasteiger partial charge < -0.3 is 19.8 Å². The Kier molecular flexibility index (Phi) is 5.74. The van der Waals surface area contributed by atoms with Crippen LogP contribution >= 0.6 is 0 Å². The van der Waals surface area contributed by atoms with Crippen molar-refractivity contribution in [3.8, 4) is 22.9 Å². The minimum Gasteiger partial charge on any atom is -0.481 e. The van der Waals surface area contributed by atoms with Crippen LogP contribution in [0.3, 0.4) is 0 Å². The highest BCUT2D eigenvalue weighted by molar-refractivity contribution is 5.85. The maximum atomic E-state index is 14.7. The Hall–Kier alpha value is -4.53. The second-order valence-electron chi connectivity index (χ2n) is 8.12. The molecule has 0 saturated carbocycles. The summed E-state index contributed by atoms with van der Waals surface area (Å²) in [5.74, 6) is -1.39. The van der Waals surface area contributed by atoms with Gasteiger partial charge in [0.2, 0.25) is 0 Å². The van der Waals surface area contributed by atoms with Gasteiger partial charge in [-0.1, -0.05) is 6.07 Å². The van der Waals surface area contributed by atoms with Crippen molar-refractivity contribution in [2.75, 3.05) is 0 Å². The van der Waals surface area contributed by atoms with E-state index in [-0.39, 0.29) is 29.3 Å². The third kappa shape index (κ3) is 4.61. The zero-order chi connectivity index (χ0) is 24.5. The predicted molar refractivity (Wildman–Crippen MR) is 125 cm³/mol. The Morgan fingerprint density at radius 2 is 1.91 bits per heavy atom. The summed E-state index contributed by atoms with van der Waals surface area (Å²) in [5, 5.41) is 9.80. The molecule has 2 aromatic carbocycles. The van der Waals surface area contributed by atoms with Gasteiger partial charge in [-0.15, -0.1) is 0 Å². The van der Waals surface area contributed by atoms with Gasteiger partial charge in [0, 0.05) is 52.7 Å². The number of nitrogens with zero attached hydrogens (tertiary/aromatic N) is 2. The molecule has 7 nitrogen and oxygen atoms in total. The van der Waals surface area contributed by atoms with Crippen molar-refractivity contribution in [2.45, 2.75) is 19.8 Å². The van der Waals surface area contributed by atoms with Gasteiger partial charge in [0.25, 0.3) is 0 Å². The van der Waals surface area contributed by atoms with Crippen LogP contribution in [0.5, 0.6) is 11.5 Å². The van der Waals surface area contributed by atoms with Gasteiger partial charge in [0.15, 0.2) is 11.6 Å². The Bertz CT molecular complexity index is 1560. The summed E-state index contributed by atoms with van der Waals surface area (Å²) < 4.78 is 35.2. The second-order valence-corrected chi connectivity index (χ2v) is 8.12. The number of nitrogens with one attached hydrogen (secondary N) is 2. The number of ether oxygens (including phenoxy) is 1. The molecule has 0 fully saturated rings. The van der Waals surface area contributed by atoms with E-state index < -0.39 is 17.6 Å². The number of aliphatic carboxylic acids is 1. The quantitative estimate of drug-likeness (QED) is 0.287. The molecule has 0 bridgehead atoms. The average molecular weight is 474 g/mol. The molecule has 3 N–H and O–H groups in total. The number of carbonyl (C=O) groups is 1. The molecule has 0 aliphatic rings. The van der Waals surface area contributed by atoms with E-state index in [1.54, 1.807) is 37.5 Å². The van der Waals surface area contributed by atoms with Crippen LogP contribution < -0.4 is 4.74 Å². The molecule has 0 radical (unpaired) electrons. The van der Waals surface area contributed by atoms with E-state index in [1.807, 2.05) is 6.07 Å². The minimum absolute atomic E-state index is 0.0714. The zero-order valence-corrected chi connectivity index (χ0v) is 18.6. The van der Waals surface area contributed by atoms with E-state index in [4.69, 9.17) is 9.84 Å². The number of carboxylic acid groups (broad SMARTS) is 1. The van der Waals surface area contributed by atoms with Gasteiger partial charge in [0.1, 0.15) is 17.4 Å². The fraction of sp³-hybridized carbons (Fsp3) is 0.115. The van der Waals surface area contributed by atoms with E-state index in [2.05, 4.69) is 19.9 Å². The number of hydrogen-bond acceptors (Lipinski definition) is 4. The highest BCUT2D eigenvalue weighted by atomic mass is 19.1. The van der Waals surface area contributed by atoms with Gasteiger partial charge in [-0.05, 0) is 43.3 Å². The Labute approximate surface area is 198 Å². The molecule has 0 aliphatic carbocycles. The third-order valence-electron chi connectivity index (χ3n) is 5.62. The van der Waals surface area contributed by atoms with Gasteiger partial charge in [-0.3, -0.25) is 9.78 Å². The first-order valence-corrected chi connectivity index (χ1v) is 10.8. The molecule has 0 spiro atoms. The van der Waals surface area contributed by atoms with Crippen LogP contribution in [0, 0.1) is 18.6 Å². The van der Waals surface area contributed by atoms with Gasteiger partial charge >= 0.3 is 5.97 Å². The summed E-state index contributed by atoms with van der Waals surface area (Å²) in [6, 6.07) is 12.5. The fourth-order valence-corrected chi connectivity index (χ4v) is 3.98. The number of halogens is 2. The average Bonchev–Trinajstić information content (AvgIpc) is 3.47. The highest BCUT2D eigenvalue weighted by Gasteiger charge is 2.16. The van der Waals surface area contributed by atoms with Crippen LogP contribution in [-0.4, -0.2) is 31.0 Å². The van der Waals surface area contributed by atoms with E-state index in [0.717, 1.165) is 5.39 Å². The van der Waals surface area contributed by atoms with Crippen molar-refractivity contribution in [1.29, 1.82) is 0 Å². The monoisotopic (exact) mass is 474 g/mol. The molecule has 9 heteroatoms. The Balaban J connectivity index is 1.40. The summed E-state index contributed by atoms with van der Waals surface area (Å²) in [6.45, 7) is 1.76. The molecule has 5 rings (SSSR count). The lowest BCUT2D eigenvalue weighted by molar-refractivity contribution is -0.136. The lowest BCUT2D eigenvalue weighted by Gasteiger charge is -2.12. The summed E-state index contributed by atoms with van der Waals surface area (Å²) >= 11 is 0. The molecule has 5 aromatic rings. The fourth-order valence-electron chi connectivity index (χ4n) is 3.98. The minimum atomic E-state index is -0.959. The molecule has 176 valence electrons. The number of aromatic nitrogens is 4. The number of imidazole rings is 1. The lowest BCUT2D eigenvalue weighted by Crippen LogP contribution is -2.04. The maximum Gasteiger partial charge on any atom is 0.309 e. The summed E-state index contributed by atoms with van der Waals surface area (Å²) in [4.78, 5) is 25.6. The lowest BCUT2D eigenvalue weighted by atomic mass is 10.1. The van der Waals surface area contributed by atoms with Crippen LogP contribution in [0.2, 0.25) is 0 Å². The van der Waals surface area contributed by atoms with E-state index >= 15 is 0 Å². The van der Waals surface area contributed by atoms with Crippen LogP contribution in [-0.2, 0) is 17.6 Å². The van der Waals surface area contributed by atoms with Crippen molar-refractivity contribution in [2.24, 2.45) is 0 Å². The van der Waals surface area contributed by atoms with Crippen LogP contribution in [0.4, 0.5) is 8.78 Å². The van der Waals surface area contributed by atoms with Gasteiger partial charge in [-0.25, -0.2) is 13.8 Å². The van der Waals surface area contributed by atoms with Crippen molar-refractivity contribution >= 4 is 16.9 Å². The maximum absolute atomic E-state index is 14.7. The first-order chi connectivity index (χ1) is 16.9. The first kappa shape index (κ1) is 22.3. The van der Waals surface area contributed by atoms with Crippen molar-refractivity contribution in [3.05, 3.63) is 95.2 Å².